The minimum atomic E-state index is -0.591. The summed E-state index contributed by atoms with van der Waals surface area (Å²) < 4.78 is 4.74. The van der Waals surface area contributed by atoms with Crippen LogP contribution in [0.2, 0.25) is 0 Å². The van der Waals surface area contributed by atoms with Crippen LogP contribution < -0.4 is 10.2 Å². The summed E-state index contributed by atoms with van der Waals surface area (Å²) in [5, 5.41) is 2.74. The Kier molecular flexibility index (Phi) is 6.72. The van der Waals surface area contributed by atoms with E-state index in [0.29, 0.717) is 12.3 Å². The number of likely N-dealkylation sites (N-methyl/N-ethyl adjacent to an activating group) is 1. The van der Waals surface area contributed by atoms with E-state index in [9.17, 15) is 9.59 Å². The number of amides is 1. The number of ether oxygens (including phenoxy) is 1. The van der Waals surface area contributed by atoms with Crippen molar-refractivity contribution in [2.75, 3.05) is 25.6 Å². The molecule has 0 spiro atoms. The quantitative estimate of drug-likeness (QED) is 0.779. The number of carbonyl (C=O) groups excluding carboxylic acids is 2. The molecular formula is C16H24N2O3. The minimum Gasteiger partial charge on any atom is -0.467 e. The van der Waals surface area contributed by atoms with E-state index in [1.54, 1.807) is 0 Å². The van der Waals surface area contributed by atoms with Gasteiger partial charge in [0.2, 0.25) is 5.91 Å². The lowest BCUT2D eigenvalue weighted by Gasteiger charge is -2.22. The first-order valence-electron chi connectivity index (χ1n) is 7.07. The third-order valence-electron chi connectivity index (χ3n) is 3.11. The lowest BCUT2D eigenvalue weighted by atomic mass is 10.0. The third-order valence-corrected chi connectivity index (χ3v) is 3.11. The Morgan fingerprint density at radius 3 is 2.38 bits per heavy atom. The van der Waals surface area contributed by atoms with Gasteiger partial charge >= 0.3 is 5.97 Å². The summed E-state index contributed by atoms with van der Waals surface area (Å²) in [5.74, 6) is -0.307. The van der Waals surface area contributed by atoms with Gasteiger partial charge in [0.05, 0.1) is 13.7 Å². The summed E-state index contributed by atoms with van der Waals surface area (Å²) in [6.07, 6.45) is 0.563. The summed E-state index contributed by atoms with van der Waals surface area (Å²) in [6.45, 7) is 4.19. The largest absolute Gasteiger partial charge is 0.467 e. The van der Waals surface area contributed by atoms with Crippen molar-refractivity contribution in [1.29, 1.82) is 0 Å². The molecule has 1 rings (SSSR count). The second-order valence-corrected chi connectivity index (χ2v) is 5.46. The molecule has 0 saturated heterocycles. The van der Waals surface area contributed by atoms with E-state index >= 15 is 0 Å². The molecule has 0 aromatic heterocycles. The van der Waals surface area contributed by atoms with Gasteiger partial charge in [-0.25, -0.2) is 4.79 Å². The molecule has 0 fully saturated rings. The van der Waals surface area contributed by atoms with Crippen molar-refractivity contribution >= 4 is 17.6 Å². The lowest BCUT2D eigenvalue weighted by molar-refractivity contribution is -0.145. The van der Waals surface area contributed by atoms with Crippen LogP contribution in [0, 0.1) is 5.92 Å². The molecular weight excluding hydrogens is 268 g/mol. The second kappa shape index (κ2) is 8.29. The molecule has 5 heteroatoms. The van der Waals surface area contributed by atoms with E-state index < -0.39 is 12.0 Å². The molecule has 0 aliphatic heterocycles. The fourth-order valence-electron chi connectivity index (χ4n) is 2.06. The summed E-state index contributed by atoms with van der Waals surface area (Å²) in [4.78, 5) is 25.6. The van der Waals surface area contributed by atoms with Crippen LogP contribution in [0.5, 0.6) is 0 Å². The molecule has 1 N–H and O–H groups in total. The molecule has 1 atom stereocenters. The SMILES string of the molecule is COC(=O)C(CC(C)C)NC(=O)CN(C)c1ccccc1. The highest BCUT2D eigenvalue weighted by molar-refractivity contribution is 5.87. The number of hydrogen-bond donors (Lipinski definition) is 1. The summed E-state index contributed by atoms with van der Waals surface area (Å²) >= 11 is 0. The summed E-state index contributed by atoms with van der Waals surface area (Å²) in [6, 6.07) is 9.03. The first-order valence-corrected chi connectivity index (χ1v) is 7.07. The van der Waals surface area contributed by atoms with Crippen molar-refractivity contribution in [3.8, 4) is 0 Å². The molecule has 21 heavy (non-hydrogen) atoms. The van der Waals surface area contributed by atoms with E-state index in [4.69, 9.17) is 4.74 Å². The fraction of sp³-hybridized carbons (Fsp3) is 0.500. The second-order valence-electron chi connectivity index (χ2n) is 5.46. The number of esters is 1. The van der Waals surface area contributed by atoms with Gasteiger partial charge in [0.25, 0.3) is 0 Å². The van der Waals surface area contributed by atoms with Crippen molar-refractivity contribution in [2.45, 2.75) is 26.3 Å². The first kappa shape index (κ1) is 17.0. The monoisotopic (exact) mass is 292 g/mol. The number of hydrogen-bond acceptors (Lipinski definition) is 4. The highest BCUT2D eigenvalue weighted by Gasteiger charge is 2.22. The van der Waals surface area contributed by atoms with Gasteiger partial charge in [-0.15, -0.1) is 0 Å². The van der Waals surface area contributed by atoms with Crippen LogP contribution in [0.25, 0.3) is 0 Å². The van der Waals surface area contributed by atoms with Crippen LogP contribution in [0.15, 0.2) is 30.3 Å². The average Bonchev–Trinajstić information content (AvgIpc) is 2.46. The van der Waals surface area contributed by atoms with Gasteiger partial charge < -0.3 is 15.0 Å². The first-order chi connectivity index (χ1) is 9.93. The smallest absolute Gasteiger partial charge is 0.328 e. The summed E-state index contributed by atoms with van der Waals surface area (Å²) in [7, 11) is 3.17. The average molecular weight is 292 g/mol. The molecule has 0 aliphatic carbocycles. The molecule has 0 saturated carbocycles. The molecule has 5 nitrogen and oxygen atoms in total. The molecule has 0 heterocycles. The van der Waals surface area contributed by atoms with Crippen LogP contribution in [0.1, 0.15) is 20.3 Å². The van der Waals surface area contributed by atoms with Crippen molar-refractivity contribution in [1.82, 2.24) is 5.32 Å². The van der Waals surface area contributed by atoms with Gasteiger partial charge in [-0.1, -0.05) is 32.0 Å². The Morgan fingerprint density at radius 2 is 1.86 bits per heavy atom. The van der Waals surface area contributed by atoms with Crippen molar-refractivity contribution < 1.29 is 14.3 Å². The van der Waals surface area contributed by atoms with Crippen molar-refractivity contribution in [3.63, 3.8) is 0 Å². The van der Waals surface area contributed by atoms with E-state index in [-0.39, 0.29) is 12.5 Å². The van der Waals surface area contributed by atoms with Gasteiger partial charge in [0.1, 0.15) is 6.04 Å². The number of rotatable bonds is 7. The number of anilines is 1. The van der Waals surface area contributed by atoms with Gasteiger partial charge in [-0.2, -0.15) is 0 Å². The predicted octanol–water partition coefficient (Wildman–Crippen LogP) is 1.83. The number of carbonyl (C=O) groups is 2. The topological polar surface area (TPSA) is 58.6 Å². The maximum atomic E-state index is 12.1. The Labute approximate surface area is 126 Å². The number of para-hydroxylation sites is 1. The van der Waals surface area contributed by atoms with Gasteiger partial charge in [-0.3, -0.25) is 4.79 Å². The number of nitrogens with one attached hydrogen (secondary N) is 1. The van der Waals surface area contributed by atoms with Crippen molar-refractivity contribution in [2.24, 2.45) is 5.92 Å². The molecule has 1 aromatic rings. The molecule has 1 aromatic carbocycles. The number of methoxy groups -OCH3 is 1. The Balaban J connectivity index is 2.59. The van der Waals surface area contributed by atoms with Crippen LogP contribution in [0.4, 0.5) is 5.69 Å². The van der Waals surface area contributed by atoms with Gasteiger partial charge in [0.15, 0.2) is 0 Å². The van der Waals surface area contributed by atoms with Crippen LogP contribution in [-0.4, -0.2) is 38.6 Å². The van der Waals surface area contributed by atoms with Crippen LogP contribution in [-0.2, 0) is 14.3 Å². The zero-order valence-corrected chi connectivity index (χ0v) is 13.1. The fourth-order valence-corrected chi connectivity index (χ4v) is 2.06. The normalized spacial score (nSPS) is 11.9. The van der Waals surface area contributed by atoms with E-state index in [1.807, 2.05) is 56.1 Å². The van der Waals surface area contributed by atoms with E-state index in [2.05, 4.69) is 5.32 Å². The molecule has 0 aliphatic rings. The predicted molar refractivity (Wildman–Crippen MR) is 83.1 cm³/mol. The van der Waals surface area contributed by atoms with Crippen molar-refractivity contribution in [3.05, 3.63) is 30.3 Å². The minimum absolute atomic E-state index is 0.190. The molecule has 0 radical (unpaired) electrons. The molecule has 116 valence electrons. The highest BCUT2D eigenvalue weighted by atomic mass is 16.5. The number of benzene rings is 1. The molecule has 1 unspecified atom stereocenters. The Morgan fingerprint density at radius 1 is 1.24 bits per heavy atom. The Bertz CT molecular complexity index is 460. The maximum Gasteiger partial charge on any atom is 0.328 e. The standard InChI is InChI=1S/C16H24N2O3/c1-12(2)10-14(16(20)21-4)17-15(19)11-18(3)13-8-6-5-7-9-13/h5-9,12,14H,10-11H2,1-4H3,(H,17,19). The lowest BCUT2D eigenvalue weighted by Crippen LogP contribution is -2.46. The van der Waals surface area contributed by atoms with Crippen LogP contribution >= 0.6 is 0 Å². The van der Waals surface area contributed by atoms with E-state index in [1.165, 1.54) is 7.11 Å². The highest BCUT2D eigenvalue weighted by Crippen LogP contribution is 2.11. The molecule has 0 bridgehead atoms. The number of nitrogens with zero attached hydrogens (tertiary/aromatic N) is 1. The Hall–Kier alpha value is -2.04. The molecule has 1 amide bonds. The van der Waals surface area contributed by atoms with Crippen LogP contribution in [0.3, 0.4) is 0 Å². The zero-order chi connectivity index (χ0) is 15.8. The van der Waals surface area contributed by atoms with E-state index in [0.717, 1.165) is 5.69 Å². The maximum absolute atomic E-state index is 12.1. The third kappa shape index (κ3) is 5.85. The zero-order valence-electron chi connectivity index (χ0n) is 13.1. The van der Waals surface area contributed by atoms with Gasteiger partial charge in [-0.05, 0) is 24.5 Å². The summed E-state index contributed by atoms with van der Waals surface area (Å²) in [5.41, 5.74) is 0.950. The van der Waals surface area contributed by atoms with Gasteiger partial charge in [0, 0.05) is 12.7 Å².